The fourth-order valence-corrected chi connectivity index (χ4v) is 2.27. The summed E-state index contributed by atoms with van der Waals surface area (Å²) in [5.74, 6) is -1.34. The maximum atomic E-state index is 14.3. The third kappa shape index (κ3) is 8.94. The molecule has 25 heavy (non-hydrogen) atoms. The van der Waals surface area contributed by atoms with Gasteiger partial charge < -0.3 is 19.3 Å². The Bertz CT molecular complexity index is 581. The van der Waals surface area contributed by atoms with Crippen molar-refractivity contribution in [1.29, 1.82) is 0 Å². The van der Waals surface area contributed by atoms with Gasteiger partial charge in [-0.05, 0) is 12.5 Å². The Morgan fingerprint density at radius 3 is 2.48 bits per heavy atom. The number of carbonyl (C=O) groups excluding carboxylic acids is 1. The number of halogens is 1. The van der Waals surface area contributed by atoms with Crippen LogP contribution >= 0.6 is 7.82 Å². The molecule has 1 aromatic carbocycles. The zero-order chi connectivity index (χ0) is 18.7. The van der Waals surface area contributed by atoms with Crippen LogP contribution in [-0.2, 0) is 18.8 Å². The average Bonchev–Trinajstić information content (AvgIpc) is 2.55. The van der Waals surface area contributed by atoms with Gasteiger partial charge in [-0.2, -0.15) is 0 Å². The summed E-state index contributed by atoms with van der Waals surface area (Å²) in [6.45, 7) is 3.74. The second kappa shape index (κ2) is 11.2. The summed E-state index contributed by atoms with van der Waals surface area (Å²) in [5, 5.41) is 2.34. The molecule has 0 bridgehead atoms. The van der Waals surface area contributed by atoms with Crippen molar-refractivity contribution in [3.63, 3.8) is 0 Å². The van der Waals surface area contributed by atoms with Crippen LogP contribution in [-0.4, -0.2) is 48.7 Å². The first-order valence-corrected chi connectivity index (χ1v) is 9.29. The molecule has 0 saturated carbocycles. The predicted octanol–water partition coefficient (Wildman–Crippen LogP) is 1.73. The van der Waals surface area contributed by atoms with Crippen LogP contribution in [0.2, 0.25) is 0 Å². The highest BCUT2D eigenvalue weighted by Gasteiger charge is 2.26. The van der Waals surface area contributed by atoms with Crippen molar-refractivity contribution in [2.24, 2.45) is 0 Å². The number of benzene rings is 1. The lowest BCUT2D eigenvalue weighted by atomic mass is 10.1. The molecule has 0 aliphatic carbocycles. The van der Waals surface area contributed by atoms with E-state index in [1.807, 2.05) is 6.92 Å². The van der Waals surface area contributed by atoms with Gasteiger partial charge in [0, 0.05) is 18.7 Å². The van der Waals surface area contributed by atoms with Crippen molar-refractivity contribution in [3.05, 3.63) is 29.8 Å². The molecule has 0 saturated heterocycles. The van der Waals surface area contributed by atoms with Crippen molar-refractivity contribution < 1.29 is 37.5 Å². The highest BCUT2D eigenvalue weighted by molar-refractivity contribution is 7.46. The molecule has 0 radical (unpaired) electrons. The Kier molecular flexibility index (Phi) is 9.62. The van der Waals surface area contributed by atoms with Gasteiger partial charge in [0.05, 0.1) is 19.8 Å². The number of para-hydroxylation sites is 1. The Balaban J connectivity index is 2.43. The summed E-state index contributed by atoms with van der Waals surface area (Å²) in [6.07, 6.45) is -1.21. The van der Waals surface area contributed by atoms with E-state index >= 15 is 0 Å². The van der Waals surface area contributed by atoms with E-state index in [-0.39, 0.29) is 24.5 Å². The second-order valence-electron chi connectivity index (χ2n) is 5.00. The highest BCUT2D eigenvalue weighted by atomic mass is 31.2. The number of nitrogens with one attached hydrogen (secondary N) is 1. The summed E-state index contributed by atoms with van der Waals surface area (Å²) in [4.78, 5) is 29.5. The minimum absolute atomic E-state index is 0.0918. The number of ether oxygens (including phenoxy) is 2. The first kappa shape index (κ1) is 21.5. The fraction of sp³-hybridized carbons (Fsp3) is 0.533. The summed E-state index contributed by atoms with van der Waals surface area (Å²) < 4.78 is 40.0. The van der Waals surface area contributed by atoms with Crippen LogP contribution in [0.25, 0.3) is 0 Å². The van der Waals surface area contributed by atoms with E-state index in [0.29, 0.717) is 19.8 Å². The van der Waals surface area contributed by atoms with Crippen molar-refractivity contribution in [2.75, 3.05) is 33.0 Å². The van der Waals surface area contributed by atoms with Crippen LogP contribution in [0.1, 0.15) is 25.1 Å². The van der Waals surface area contributed by atoms with Gasteiger partial charge in [0.25, 0.3) is 5.91 Å². The Labute approximate surface area is 145 Å². The molecule has 1 atom stereocenters. The molecule has 1 unspecified atom stereocenters. The Morgan fingerprint density at radius 2 is 1.84 bits per heavy atom. The van der Waals surface area contributed by atoms with Gasteiger partial charge in [0.1, 0.15) is 5.75 Å². The normalized spacial score (nSPS) is 12.6. The van der Waals surface area contributed by atoms with Gasteiger partial charge >= 0.3 is 7.82 Å². The molecule has 10 heteroatoms. The van der Waals surface area contributed by atoms with E-state index in [2.05, 4.69) is 9.84 Å². The van der Waals surface area contributed by atoms with E-state index in [0.717, 1.165) is 6.42 Å². The van der Waals surface area contributed by atoms with E-state index in [1.165, 1.54) is 24.3 Å². The maximum Gasteiger partial charge on any atom is 0.524 e. The molecule has 0 heterocycles. The lowest BCUT2D eigenvalue weighted by Gasteiger charge is -2.15. The number of hydrogen-bond acceptors (Lipinski definition) is 5. The molecule has 142 valence electrons. The van der Waals surface area contributed by atoms with Crippen LogP contribution in [0.4, 0.5) is 4.39 Å². The highest BCUT2D eigenvalue weighted by Crippen LogP contribution is 2.41. The van der Waals surface area contributed by atoms with Gasteiger partial charge in [0.15, 0.2) is 0 Å². The van der Waals surface area contributed by atoms with Crippen LogP contribution < -0.4 is 9.84 Å². The molecular weight excluding hydrogens is 356 g/mol. The Morgan fingerprint density at radius 1 is 1.20 bits per heavy atom. The number of phosphoric ester groups is 1. The van der Waals surface area contributed by atoms with Crippen molar-refractivity contribution in [2.45, 2.75) is 19.5 Å². The average molecular weight is 379 g/mol. The van der Waals surface area contributed by atoms with Crippen molar-refractivity contribution >= 4 is 13.7 Å². The molecule has 0 spiro atoms. The van der Waals surface area contributed by atoms with E-state index in [1.54, 1.807) is 0 Å². The molecule has 1 aromatic rings. The monoisotopic (exact) mass is 379 g/mol. The number of amides is 1. The Hall–Kier alpha value is -1.51. The lowest BCUT2D eigenvalue weighted by molar-refractivity contribution is -0.126. The van der Waals surface area contributed by atoms with Crippen molar-refractivity contribution in [3.8, 4) is 5.75 Å². The van der Waals surface area contributed by atoms with Crippen LogP contribution in [0.15, 0.2) is 24.3 Å². The van der Waals surface area contributed by atoms with Gasteiger partial charge in [-0.25, -0.2) is 8.96 Å². The quantitative estimate of drug-likeness (QED) is 0.374. The van der Waals surface area contributed by atoms with Gasteiger partial charge in [-0.1, -0.05) is 25.1 Å². The summed E-state index contributed by atoms with van der Waals surface area (Å²) in [5.41, 5.74) is -0.266. The SMILES string of the molecule is CCCOCCOCCNC(=O)C(F)c1ccccc1OP(=O)(O)O. The maximum absolute atomic E-state index is 14.3. The van der Waals surface area contributed by atoms with Crippen LogP contribution in [0, 0.1) is 0 Å². The molecule has 0 aromatic heterocycles. The van der Waals surface area contributed by atoms with Gasteiger partial charge in [-0.15, -0.1) is 0 Å². The van der Waals surface area contributed by atoms with Gasteiger partial charge in [-0.3, -0.25) is 14.6 Å². The first-order valence-electron chi connectivity index (χ1n) is 7.76. The molecular formula is C15H23FNO7P. The third-order valence-corrected chi connectivity index (χ3v) is 3.34. The van der Waals surface area contributed by atoms with Gasteiger partial charge in [0.2, 0.25) is 6.17 Å². The predicted molar refractivity (Wildman–Crippen MR) is 87.9 cm³/mol. The molecule has 3 N–H and O–H groups in total. The number of rotatable bonds is 12. The first-order chi connectivity index (χ1) is 11.8. The fourth-order valence-electron chi connectivity index (χ4n) is 1.84. The number of alkyl halides is 1. The zero-order valence-electron chi connectivity index (χ0n) is 13.9. The topological polar surface area (TPSA) is 114 Å². The lowest BCUT2D eigenvalue weighted by Crippen LogP contribution is -2.31. The second-order valence-corrected chi connectivity index (χ2v) is 6.16. The molecule has 1 rings (SSSR count). The number of phosphoric acid groups is 1. The largest absolute Gasteiger partial charge is 0.524 e. The van der Waals surface area contributed by atoms with Crippen LogP contribution in [0.3, 0.4) is 0 Å². The minimum atomic E-state index is -4.86. The smallest absolute Gasteiger partial charge is 0.404 e. The van der Waals surface area contributed by atoms with E-state index in [4.69, 9.17) is 19.3 Å². The summed E-state index contributed by atoms with van der Waals surface area (Å²) >= 11 is 0. The molecule has 0 aliphatic heterocycles. The van der Waals surface area contributed by atoms with E-state index < -0.39 is 19.9 Å². The standard InChI is InChI=1S/C15H23FNO7P/c1-2-8-22-10-11-23-9-7-17-15(18)14(16)12-5-3-4-6-13(12)24-25(19,20)21/h3-6,14H,2,7-11H2,1H3,(H,17,18)(H2,19,20,21). The summed E-state index contributed by atoms with van der Waals surface area (Å²) in [6, 6.07) is 5.24. The van der Waals surface area contributed by atoms with Crippen molar-refractivity contribution in [1.82, 2.24) is 5.32 Å². The molecule has 8 nitrogen and oxygen atoms in total. The third-order valence-electron chi connectivity index (χ3n) is 2.91. The molecule has 0 aliphatic rings. The molecule has 0 fully saturated rings. The summed E-state index contributed by atoms with van der Waals surface area (Å²) in [7, 11) is -4.86. The number of carbonyl (C=O) groups is 1. The number of hydrogen-bond donors (Lipinski definition) is 3. The minimum Gasteiger partial charge on any atom is -0.404 e. The van der Waals surface area contributed by atoms with Crippen LogP contribution in [0.5, 0.6) is 5.75 Å². The van der Waals surface area contributed by atoms with E-state index in [9.17, 15) is 13.8 Å². The molecule has 1 amide bonds. The zero-order valence-corrected chi connectivity index (χ0v) is 14.8.